The van der Waals surface area contributed by atoms with E-state index in [9.17, 15) is 4.79 Å². The van der Waals surface area contributed by atoms with Gasteiger partial charge in [-0.15, -0.1) is 0 Å². The molecule has 2 N–H and O–H groups in total. The van der Waals surface area contributed by atoms with Crippen LogP contribution in [0.2, 0.25) is 0 Å². The monoisotopic (exact) mass is 390 g/mol. The standard InChI is InChI=1S/C21H34N4O3/c1-5-6-10-22-21(24-14-20(26)25(3)4)23-13-17-8-7-16(2)12-19(17)28-18-9-11-27-15-18/h7-8,12,18H,5-6,9-11,13-15H2,1-4H3,(H2,22,23,24). The molecule has 0 radical (unpaired) electrons. The van der Waals surface area contributed by atoms with E-state index in [-0.39, 0.29) is 18.6 Å². The van der Waals surface area contributed by atoms with Crippen molar-refractivity contribution in [2.75, 3.05) is 40.4 Å². The van der Waals surface area contributed by atoms with Crippen molar-refractivity contribution in [2.24, 2.45) is 4.99 Å². The maximum Gasteiger partial charge on any atom is 0.241 e. The molecule has 0 aliphatic carbocycles. The van der Waals surface area contributed by atoms with Crippen LogP contribution in [0.5, 0.6) is 5.75 Å². The first kappa shape index (κ1) is 22.0. The second kappa shape index (κ2) is 11.5. The van der Waals surface area contributed by atoms with Crippen molar-refractivity contribution in [3.05, 3.63) is 29.3 Å². The highest BCUT2D eigenvalue weighted by atomic mass is 16.5. The Bertz CT molecular complexity index is 655. The largest absolute Gasteiger partial charge is 0.488 e. The number of aryl methyl sites for hydroxylation is 1. The van der Waals surface area contributed by atoms with Gasteiger partial charge in [-0.05, 0) is 25.0 Å². The molecular formula is C21H34N4O3. The number of unbranched alkanes of at least 4 members (excludes halogenated alkanes) is 1. The predicted molar refractivity (Wildman–Crippen MR) is 112 cm³/mol. The van der Waals surface area contributed by atoms with Gasteiger partial charge in [0.2, 0.25) is 5.91 Å². The minimum absolute atomic E-state index is 0.00517. The zero-order valence-electron chi connectivity index (χ0n) is 17.6. The number of guanidine groups is 1. The number of hydrogen-bond acceptors (Lipinski definition) is 4. The first-order valence-corrected chi connectivity index (χ1v) is 10.1. The molecule has 7 heteroatoms. The molecule has 1 unspecified atom stereocenters. The predicted octanol–water partition coefficient (Wildman–Crippen LogP) is 2.09. The summed E-state index contributed by atoms with van der Waals surface area (Å²) in [6.07, 6.45) is 3.15. The fourth-order valence-corrected chi connectivity index (χ4v) is 2.73. The van der Waals surface area contributed by atoms with E-state index in [1.807, 2.05) is 0 Å². The molecule has 0 aromatic heterocycles. The average molecular weight is 391 g/mol. The number of nitrogens with one attached hydrogen (secondary N) is 2. The molecular weight excluding hydrogens is 356 g/mol. The minimum atomic E-state index is 0.00517. The molecule has 156 valence electrons. The number of aliphatic imine (C=N–C) groups is 1. The van der Waals surface area contributed by atoms with E-state index in [0.717, 1.165) is 49.3 Å². The van der Waals surface area contributed by atoms with Crippen molar-refractivity contribution < 1.29 is 14.3 Å². The third-order valence-electron chi connectivity index (χ3n) is 4.54. The van der Waals surface area contributed by atoms with Crippen LogP contribution < -0.4 is 15.4 Å². The molecule has 1 heterocycles. The molecule has 1 atom stereocenters. The number of rotatable bonds is 9. The van der Waals surface area contributed by atoms with Gasteiger partial charge in [-0.1, -0.05) is 25.5 Å². The van der Waals surface area contributed by atoms with Crippen LogP contribution in [0.4, 0.5) is 0 Å². The van der Waals surface area contributed by atoms with Gasteiger partial charge in [0, 0.05) is 32.6 Å². The number of nitrogens with zero attached hydrogens (tertiary/aromatic N) is 2. The third-order valence-corrected chi connectivity index (χ3v) is 4.54. The average Bonchev–Trinajstić information content (AvgIpc) is 3.17. The fourth-order valence-electron chi connectivity index (χ4n) is 2.73. The summed E-state index contributed by atoms with van der Waals surface area (Å²) in [7, 11) is 3.49. The summed E-state index contributed by atoms with van der Waals surface area (Å²) in [6, 6.07) is 6.17. The summed E-state index contributed by atoms with van der Waals surface area (Å²) < 4.78 is 11.6. The lowest BCUT2D eigenvalue weighted by Crippen LogP contribution is -2.43. The second-order valence-corrected chi connectivity index (χ2v) is 7.30. The quantitative estimate of drug-likeness (QED) is 0.384. The Morgan fingerprint density at radius 3 is 2.86 bits per heavy atom. The summed E-state index contributed by atoms with van der Waals surface area (Å²) >= 11 is 0. The van der Waals surface area contributed by atoms with Crippen molar-refractivity contribution >= 4 is 11.9 Å². The Labute approximate surface area is 168 Å². The van der Waals surface area contributed by atoms with Gasteiger partial charge in [-0.25, -0.2) is 4.99 Å². The molecule has 1 aromatic carbocycles. The lowest BCUT2D eigenvalue weighted by molar-refractivity contribution is -0.127. The van der Waals surface area contributed by atoms with Gasteiger partial charge in [-0.2, -0.15) is 0 Å². The summed E-state index contributed by atoms with van der Waals surface area (Å²) in [5.74, 6) is 1.50. The molecule has 1 fully saturated rings. The molecule has 1 aromatic rings. The molecule has 1 aliphatic heterocycles. The third kappa shape index (κ3) is 7.38. The van der Waals surface area contributed by atoms with Gasteiger partial charge < -0.3 is 25.0 Å². The van der Waals surface area contributed by atoms with Crippen molar-refractivity contribution in [1.82, 2.24) is 15.5 Å². The highest BCUT2D eigenvalue weighted by Gasteiger charge is 2.18. The first-order valence-electron chi connectivity index (χ1n) is 10.1. The minimum Gasteiger partial charge on any atom is -0.488 e. The van der Waals surface area contributed by atoms with E-state index in [0.29, 0.717) is 19.1 Å². The highest BCUT2D eigenvalue weighted by Crippen LogP contribution is 2.24. The van der Waals surface area contributed by atoms with E-state index in [4.69, 9.17) is 9.47 Å². The molecule has 1 aliphatic rings. The summed E-state index contributed by atoms with van der Waals surface area (Å²) in [5.41, 5.74) is 2.17. The smallest absolute Gasteiger partial charge is 0.241 e. The van der Waals surface area contributed by atoms with Crippen LogP contribution in [-0.4, -0.2) is 63.3 Å². The van der Waals surface area contributed by atoms with E-state index < -0.39 is 0 Å². The van der Waals surface area contributed by atoms with Gasteiger partial charge in [0.05, 0.1) is 26.3 Å². The van der Waals surface area contributed by atoms with E-state index in [1.54, 1.807) is 19.0 Å². The highest BCUT2D eigenvalue weighted by molar-refractivity contribution is 5.86. The molecule has 0 saturated carbocycles. The van der Waals surface area contributed by atoms with Gasteiger partial charge in [0.25, 0.3) is 0 Å². The lowest BCUT2D eigenvalue weighted by Gasteiger charge is -2.17. The fraction of sp³-hybridized carbons (Fsp3) is 0.619. The maximum atomic E-state index is 11.9. The van der Waals surface area contributed by atoms with E-state index in [1.165, 1.54) is 0 Å². The molecule has 0 bridgehead atoms. The van der Waals surface area contributed by atoms with Crippen molar-refractivity contribution in [1.29, 1.82) is 0 Å². The Kier molecular flexibility index (Phi) is 9.07. The number of likely N-dealkylation sites (N-methyl/N-ethyl adjacent to an activating group) is 1. The SMILES string of the molecule is CCCCNC(=NCc1ccc(C)cc1OC1CCOC1)NCC(=O)N(C)C. The van der Waals surface area contributed by atoms with Crippen LogP contribution in [-0.2, 0) is 16.1 Å². The van der Waals surface area contributed by atoms with Crippen LogP contribution in [0, 0.1) is 6.92 Å². The summed E-state index contributed by atoms with van der Waals surface area (Å²) in [5, 5.41) is 6.42. The van der Waals surface area contributed by atoms with Crippen molar-refractivity contribution in [3.63, 3.8) is 0 Å². The Hall–Kier alpha value is -2.28. The zero-order chi connectivity index (χ0) is 20.4. The molecule has 0 spiro atoms. The van der Waals surface area contributed by atoms with Gasteiger partial charge >= 0.3 is 0 Å². The molecule has 7 nitrogen and oxygen atoms in total. The number of amides is 1. The van der Waals surface area contributed by atoms with Crippen LogP contribution in [0.25, 0.3) is 0 Å². The second-order valence-electron chi connectivity index (χ2n) is 7.30. The van der Waals surface area contributed by atoms with Crippen LogP contribution in [0.3, 0.4) is 0 Å². The normalized spacial score (nSPS) is 16.7. The van der Waals surface area contributed by atoms with Gasteiger partial charge in [0.1, 0.15) is 11.9 Å². The molecule has 2 rings (SSSR count). The van der Waals surface area contributed by atoms with Crippen LogP contribution in [0.15, 0.2) is 23.2 Å². The first-order chi connectivity index (χ1) is 13.5. The zero-order valence-corrected chi connectivity index (χ0v) is 17.6. The molecule has 28 heavy (non-hydrogen) atoms. The van der Waals surface area contributed by atoms with Crippen molar-refractivity contribution in [2.45, 2.75) is 45.8 Å². The maximum absolute atomic E-state index is 11.9. The number of hydrogen-bond donors (Lipinski definition) is 2. The van der Waals surface area contributed by atoms with Crippen LogP contribution >= 0.6 is 0 Å². The number of ether oxygens (including phenoxy) is 2. The van der Waals surface area contributed by atoms with E-state index >= 15 is 0 Å². The van der Waals surface area contributed by atoms with Gasteiger partial charge in [-0.3, -0.25) is 4.79 Å². The van der Waals surface area contributed by atoms with Gasteiger partial charge in [0.15, 0.2) is 5.96 Å². The lowest BCUT2D eigenvalue weighted by atomic mass is 10.1. The summed E-state index contributed by atoms with van der Waals surface area (Å²) in [4.78, 5) is 18.1. The summed E-state index contributed by atoms with van der Waals surface area (Å²) in [6.45, 7) is 7.08. The molecule has 1 amide bonds. The van der Waals surface area contributed by atoms with E-state index in [2.05, 4.69) is 47.7 Å². The van der Waals surface area contributed by atoms with Crippen molar-refractivity contribution in [3.8, 4) is 5.75 Å². The Morgan fingerprint density at radius 1 is 1.36 bits per heavy atom. The number of carbonyl (C=O) groups excluding carboxylic acids is 1. The number of benzene rings is 1. The molecule has 1 saturated heterocycles. The Balaban J connectivity index is 2.06. The van der Waals surface area contributed by atoms with Crippen LogP contribution in [0.1, 0.15) is 37.3 Å². The number of carbonyl (C=O) groups is 1. The Morgan fingerprint density at radius 2 is 2.18 bits per heavy atom. The topological polar surface area (TPSA) is 75.2 Å².